The van der Waals surface area contributed by atoms with Crippen LogP contribution in [-0.2, 0) is 0 Å². The smallest absolute Gasteiger partial charge is 0.0605 e. The number of hydrogen-bond acceptors (Lipinski definition) is 2. The maximum absolute atomic E-state index is 10.5. The molecule has 4 unspecified atom stereocenters. The van der Waals surface area contributed by atoms with Gasteiger partial charge in [0.15, 0.2) is 0 Å². The molecule has 0 aromatic heterocycles. The third-order valence-electron chi connectivity index (χ3n) is 8.80. The molecule has 3 rings (SSSR count). The predicted molar refractivity (Wildman–Crippen MR) is 127 cm³/mol. The molecule has 0 bridgehead atoms. The molecule has 3 aliphatic carbocycles. The van der Waals surface area contributed by atoms with Gasteiger partial charge in [-0.1, -0.05) is 56.4 Å². The van der Waals surface area contributed by atoms with Gasteiger partial charge in [-0.2, -0.15) is 0 Å². The van der Waals surface area contributed by atoms with Crippen LogP contribution in [0.25, 0.3) is 0 Å². The third-order valence-corrected chi connectivity index (χ3v) is 8.80. The van der Waals surface area contributed by atoms with E-state index in [0.29, 0.717) is 11.3 Å². The van der Waals surface area contributed by atoms with Crippen LogP contribution in [0.1, 0.15) is 118 Å². The van der Waals surface area contributed by atoms with Crippen molar-refractivity contribution in [3.8, 4) is 0 Å². The van der Waals surface area contributed by atoms with Crippen LogP contribution < -0.4 is 0 Å². The SMILES string of the molecule is CCC[C@@H]1CC/C(=C/C=C2\CCCC3(C)C(CCCCC(C)(C)O)CCC23)CC1O. The van der Waals surface area contributed by atoms with Gasteiger partial charge in [-0.05, 0) is 108 Å². The minimum atomic E-state index is -0.514. The van der Waals surface area contributed by atoms with Gasteiger partial charge in [-0.25, -0.2) is 0 Å². The second-order valence-corrected chi connectivity index (χ2v) is 11.7. The van der Waals surface area contributed by atoms with Crippen LogP contribution >= 0.6 is 0 Å². The van der Waals surface area contributed by atoms with Gasteiger partial charge in [0.2, 0.25) is 0 Å². The van der Waals surface area contributed by atoms with E-state index >= 15 is 0 Å². The average molecular weight is 417 g/mol. The van der Waals surface area contributed by atoms with E-state index in [1.54, 1.807) is 5.57 Å². The summed E-state index contributed by atoms with van der Waals surface area (Å²) in [6.45, 7) is 8.67. The van der Waals surface area contributed by atoms with Gasteiger partial charge in [-0.15, -0.1) is 0 Å². The molecule has 3 saturated carbocycles. The van der Waals surface area contributed by atoms with Crippen molar-refractivity contribution in [1.82, 2.24) is 0 Å². The van der Waals surface area contributed by atoms with Crippen molar-refractivity contribution in [2.24, 2.45) is 23.2 Å². The van der Waals surface area contributed by atoms with Crippen molar-refractivity contribution in [3.05, 3.63) is 23.3 Å². The monoisotopic (exact) mass is 416 g/mol. The van der Waals surface area contributed by atoms with E-state index in [2.05, 4.69) is 26.0 Å². The number of rotatable bonds is 8. The Bertz CT molecular complexity index is 611. The second kappa shape index (κ2) is 10.3. The fourth-order valence-corrected chi connectivity index (χ4v) is 6.95. The largest absolute Gasteiger partial charge is 0.393 e. The van der Waals surface area contributed by atoms with Crippen molar-refractivity contribution in [2.45, 2.75) is 129 Å². The molecule has 0 saturated heterocycles. The molecule has 0 aromatic carbocycles. The topological polar surface area (TPSA) is 40.5 Å². The van der Waals surface area contributed by atoms with Crippen LogP contribution in [-0.4, -0.2) is 21.9 Å². The summed E-state index contributed by atoms with van der Waals surface area (Å²) in [5.74, 6) is 2.14. The first-order valence-electron chi connectivity index (χ1n) is 13.0. The van der Waals surface area contributed by atoms with Crippen molar-refractivity contribution in [3.63, 3.8) is 0 Å². The number of allylic oxidation sites excluding steroid dienone is 3. The molecule has 2 N–H and O–H groups in total. The molecule has 2 nitrogen and oxygen atoms in total. The molecule has 5 atom stereocenters. The predicted octanol–water partition coefficient (Wildman–Crippen LogP) is 7.35. The van der Waals surface area contributed by atoms with E-state index in [9.17, 15) is 10.2 Å². The van der Waals surface area contributed by atoms with E-state index in [4.69, 9.17) is 0 Å². The third kappa shape index (κ3) is 6.00. The highest BCUT2D eigenvalue weighted by molar-refractivity contribution is 5.25. The molecular weight excluding hydrogens is 368 g/mol. The van der Waals surface area contributed by atoms with E-state index in [1.807, 2.05) is 13.8 Å². The molecule has 0 amide bonds. The van der Waals surface area contributed by atoms with Gasteiger partial charge in [0, 0.05) is 0 Å². The highest BCUT2D eigenvalue weighted by Crippen LogP contribution is 2.58. The Morgan fingerprint density at radius 1 is 1.07 bits per heavy atom. The Morgan fingerprint density at radius 3 is 2.57 bits per heavy atom. The zero-order chi connectivity index (χ0) is 21.8. The summed E-state index contributed by atoms with van der Waals surface area (Å²) in [5.41, 5.74) is 3.13. The average Bonchev–Trinajstić information content (AvgIpc) is 3.01. The summed E-state index contributed by atoms with van der Waals surface area (Å²) in [5, 5.41) is 20.5. The standard InChI is InChI=1S/C28H48O2/c1-5-9-23-15-13-21(20-26(23)29)12-14-22-10-8-19-28(4)24(16-17-25(22)28)11-6-7-18-27(2,3)30/h12,14,23-26,29-30H,5-11,13,15-20H2,1-4H3/b21-12-,22-14+/t23-,24?,25?,26?,28?/m1/s1. The van der Waals surface area contributed by atoms with Crippen LogP contribution in [0.4, 0.5) is 0 Å². The Morgan fingerprint density at radius 2 is 1.87 bits per heavy atom. The van der Waals surface area contributed by atoms with E-state index in [0.717, 1.165) is 37.5 Å². The normalized spacial score (nSPS) is 37.7. The number of aliphatic hydroxyl groups is 2. The summed E-state index contributed by atoms with van der Waals surface area (Å²) in [6, 6.07) is 0. The minimum absolute atomic E-state index is 0.125. The van der Waals surface area contributed by atoms with Gasteiger partial charge < -0.3 is 10.2 Å². The Hall–Kier alpha value is -0.600. The highest BCUT2D eigenvalue weighted by Gasteiger charge is 2.48. The summed E-state index contributed by atoms with van der Waals surface area (Å²) < 4.78 is 0. The summed E-state index contributed by atoms with van der Waals surface area (Å²) in [6.07, 6.45) is 21.7. The van der Waals surface area contributed by atoms with Gasteiger partial charge in [0.25, 0.3) is 0 Å². The van der Waals surface area contributed by atoms with Gasteiger partial charge in [0.1, 0.15) is 0 Å². The Labute approximate surface area is 186 Å². The molecule has 0 aromatic rings. The lowest BCUT2D eigenvalue weighted by Crippen LogP contribution is -2.33. The summed E-state index contributed by atoms with van der Waals surface area (Å²) in [4.78, 5) is 0. The number of aliphatic hydroxyl groups excluding tert-OH is 1. The highest BCUT2D eigenvalue weighted by atomic mass is 16.3. The van der Waals surface area contributed by atoms with Gasteiger partial charge >= 0.3 is 0 Å². The fraction of sp³-hybridized carbons (Fsp3) is 0.857. The van der Waals surface area contributed by atoms with Gasteiger partial charge in [0.05, 0.1) is 11.7 Å². The molecule has 2 heteroatoms. The maximum atomic E-state index is 10.5. The van der Waals surface area contributed by atoms with Crippen molar-refractivity contribution in [2.75, 3.05) is 0 Å². The van der Waals surface area contributed by atoms with Gasteiger partial charge in [-0.3, -0.25) is 0 Å². The Kier molecular flexibility index (Phi) is 8.29. The fourth-order valence-electron chi connectivity index (χ4n) is 6.95. The molecule has 0 aliphatic heterocycles. The van der Waals surface area contributed by atoms with E-state index in [1.165, 1.54) is 69.8 Å². The van der Waals surface area contributed by atoms with E-state index < -0.39 is 5.60 Å². The second-order valence-electron chi connectivity index (χ2n) is 11.7. The molecule has 172 valence electrons. The van der Waals surface area contributed by atoms with Crippen molar-refractivity contribution < 1.29 is 10.2 Å². The maximum Gasteiger partial charge on any atom is 0.0605 e. The first-order chi connectivity index (χ1) is 14.2. The first kappa shape index (κ1) is 24.1. The molecule has 0 heterocycles. The van der Waals surface area contributed by atoms with Crippen LogP contribution in [0.3, 0.4) is 0 Å². The van der Waals surface area contributed by atoms with Crippen molar-refractivity contribution >= 4 is 0 Å². The van der Waals surface area contributed by atoms with Crippen LogP contribution in [0.15, 0.2) is 23.3 Å². The Balaban J connectivity index is 1.58. The quantitative estimate of drug-likeness (QED) is 0.406. The van der Waals surface area contributed by atoms with Crippen LogP contribution in [0.2, 0.25) is 0 Å². The molecule has 0 radical (unpaired) electrons. The van der Waals surface area contributed by atoms with E-state index in [-0.39, 0.29) is 6.10 Å². The molecule has 3 aliphatic rings. The zero-order valence-corrected chi connectivity index (χ0v) is 20.3. The first-order valence-corrected chi connectivity index (χ1v) is 13.0. The lowest BCUT2D eigenvalue weighted by atomic mass is 9.62. The minimum Gasteiger partial charge on any atom is -0.393 e. The molecular formula is C28H48O2. The number of fused-ring (bicyclic) bond motifs is 1. The summed E-state index contributed by atoms with van der Waals surface area (Å²) in [7, 11) is 0. The number of hydrogen-bond donors (Lipinski definition) is 2. The molecule has 3 fully saturated rings. The summed E-state index contributed by atoms with van der Waals surface area (Å²) >= 11 is 0. The van der Waals surface area contributed by atoms with Crippen molar-refractivity contribution in [1.29, 1.82) is 0 Å². The number of unbranched alkanes of at least 4 members (excludes halogenated alkanes) is 1. The zero-order valence-electron chi connectivity index (χ0n) is 20.3. The van der Waals surface area contributed by atoms with Crippen LogP contribution in [0, 0.1) is 23.2 Å². The lowest BCUT2D eigenvalue weighted by Gasteiger charge is -2.42. The van der Waals surface area contributed by atoms with Crippen LogP contribution in [0.5, 0.6) is 0 Å². The lowest BCUT2D eigenvalue weighted by molar-refractivity contribution is 0.0659. The molecule has 30 heavy (non-hydrogen) atoms. The molecule has 0 spiro atoms.